The molecule has 0 aromatic heterocycles. The Kier molecular flexibility index (Phi) is 6.74. The summed E-state index contributed by atoms with van der Waals surface area (Å²) >= 11 is 8.94. The lowest BCUT2D eigenvalue weighted by molar-refractivity contribution is 4.40. The van der Waals surface area contributed by atoms with Crippen LogP contribution in [0.1, 0.15) is 0 Å². The van der Waals surface area contributed by atoms with E-state index in [4.69, 9.17) is 0 Å². The molecule has 0 fully saturated rings. The first kappa shape index (κ1) is 6.88. The quantitative estimate of drug-likeness (QED) is 0.347. The van der Waals surface area contributed by atoms with Crippen molar-refractivity contribution in [1.82, 2.24) is 0 Å². The first-order valence-corrected chi connectivity index (χ1v) is 4.33. The van der Waals surface area contributed by atoms with Gasteiger partial charge in [0, 0.05) is 9.40 Å². The predicted octanol–water partition coefficient (Wildman–Crippen LogP) is 2.28. The van der Waals surface area contributed by atoms with E-state index >= 15 is 0 Å². The van der Waals surface area contributed by atoms with E-state index in [9.17, 15) is 0 Å². The van der Waals surface area contributed by atoms with Crippen LogP contribution in [0, 0.1) is 0 Å². The van der Waals surface area contributed by atoms with Crippen LogP contribution in [-0.2, 0) is 0 Å². The average Bonchev–Trinajstić information content (AvgIpc) is 1.61. The monoisotopic (exact) mass is 154 g/mol. The molecule has 0 nitrogen and oxygen atoms in total. The largest absolute Gasteiger partial charge is 0.0803 e. The van der Waals surface area contributed by atoms with Crippen molar-refractivity contribution in [2.45, 2.75) is 0 Å². The summed E-state index contributed by atoms with van der Waals surface area (Å²) in [7, 11) is 2.91. The Bertz CT molecular complexity index is 41.5. The lowest BCUT2D eigenvalue weighted by Gasteiger charge is -1.73. The molecular formula is C2H2S4. The van der Waals surface area contributed by atoms with Crippen LogP contribution in [0.15, 0.2) is 0 Å². The Labute approximate surface area is 55.5 Å². The molecule has 0 spiro atoms. The van der Waals surface area contributed by atoms with E-state index in [-0.39, 0.29) is 0 Å². The fraction of sp³-hybridized carbons (Fsp3) is 0. The molecular weight excluding hydrogens is 152 g/mol. The summed E-state index contributed by atoms with van der Waals surface area (Å²) < 4.78 is 3.15. The Morgan fingerprint density at radius 3 is 1.50 bits per heavy atom. The Balaban J connectivity index is 2.66. The van der Waals surface area contributed by atoms with Crippen LogP contribution in [0.3, 0.4) is 0 Å². The van der Waals surface area contributed by atoms with Gasteiger partial charge in [-0.2, -0.15) is 0 Å². The van der Waals surface area contributed by atoms with Gasteiger partial charge >= 0.3 is 0 Å². The fourth-order valence-electron chi connectivity index (χ4n) is 0.0454. The Morgan fingerprint density at radius 2 is 1.33 bits per heavy atom. The van der Waals surface area contributed by atoms with E-state index < -0.39 is 0 Å². The maximum Gasteiger partial charge on any atom is 0.0455 e. The van der Waals surface area contributed by atoms with Gasteiger partial charge in [0.25, 0.3) is 0 Å². The molecule has 0 heterocycles. The molecule has 0 N–H and O–H groups in total. The second kappa shape index (κ2) is 5.88. The van der Waals surface area contributed by atoms with Gasteiger partial charge in [-0.15, -0.1) is 0 Å². The van der Waals surface area contributed by atoms with Crippen LogP contribution in [0.25, 0.3) is 0 Å². The smallest absolute Gasteiger partial charge is 0.0455 e. The molecule has 0 saturated carbocycles. The minimum absolute atomic E-state index is 1.45. The van der Waals surface area contributed by atoms with Crippen molar-refractivity contribution in [3.8, 4) is 0 Å². The number of thiocarbonyl (C=S) groups is 2. The Morgan fingerprint density at radius 1 is 1.00 bits per heavy atom. The van der Waals surface area contributed by atoms with Gasteiger partial charge in [0.15, 0.2) is 0 Å². The first-order chi connectivity index (χ1) is 2.91. The average molecular weight is 154 g/mol. The molecule has 0 rings (SSSR count). The summed E-state index contributed by atoms with van der Waals surface area (Å²) in [5.41, 5.74) is 0. The maximum absolute atomic E-state index is 4.47. The zero-order chi connectivity index (χ0) is 4.83. The first-order valence-electron chi connectivity index (χ1n) is 1.11. The molecule has 0 radical (unpaired) electrons. The zero-order valence-corrected chi connectivity index (χ0v) is 6.05. The molecule has 0 unspecified atom stereocenters. The van der Waals surface area contributed by atoms with Gasteiger partial charge in [-0.1, -0.05) is 24.4 Å². The highest BCUT2D eigenvalue weighted by atomic mass is 33.1. The highest BCUT2D eigenvalue weighted by Gasteiger charge is 1.69. The topological polar surface area (TPSA) is 0 Å². The van der Waals surface area contributed by atoms with Crippen LogP contribution in [0.4, 0.5) is 0 Å². The minimum atomic E-state index is 1.45. The highest BCUT2D eigenvalue weighted by molar-refractivity contribution is 8.88. The summed E-state index contributed by atoms with van der Waals surface area (Å²) in [5.74, 6) is 0. The van der Waals surface area contributed by atoms with Gasteiger partial charge in [0.2, 0.25) is 0 Å². The van der Waals surface area contributed by atoms with Crippen molar-refractivity contribution >= 4 is 55.4 Å². The summed E-state index contributed by atoms with van der Waals surface area (Å²) in [4.78, 5) is 0. The molecule has 0 saturated heterocycles. The molecule has 0 amide bonds. The van der Waals surface area contributed by atoms with E-state index in [1.165, 1.54) is 21.6 Å². The minimum Gasteiger partial charge on any atom is -0.0803 e. The van der Waals surface area contributed by atoms with E-state index in [2.05, 4.69) is 24.4 Å². The van der Waals surface area contributed by atoms with Crippen molar-refractivity contribution in [2.75, 3.05) is 0 Å². The third-order valence-corrected chi connectivity index (χ3v) is 2.62. The van der Waals surface area contributed by atoms with Crippen LogP contribution in [0.2, 0.25) is 0 Å². The zero-order valence-electron chi connectivity index (χ0n) is 2.79. The van der Waals surface area contributed by atoms with E-state index in [1.807, 2.05) is 0 Å². The molecule has 4 heteroatoms. The molecule has 0 bridgehead atoms. The molecule has 34 valence electrons. The predicted molar refractivity (Wildman–Crippen MR) is 42.5 cm³/mol. The molecule has 0 atom stereocenters. The van der Waals surface area contributed by atoms with Gasteiger partial charge in [-0.3, -0.25) is 0 Å². The van der Waals surface area contributed by atoms with Crippen molar-refractivity contribution in [1.29, 1.82) is 0 Å². The third kappa shape index (κ3) is 4.88. The maximum atomic E-state index is 4.47. The molecule has 0 aliphatic heterocycles. The van der Waals surface area contributed by atoms with Crippen molar-refractivity contribution in [3.05, 3.63) is 0 Å². The van der Waals surface area contributed by atoms with E-state index in [0.717, 1.165) is 0 Å². The highest BCUT2D eigenvalue weighted by Crippen LogP contribution is 2.13. The molecule has 0 aromatic rings. The molecule has 0 aliphatic carbocycles. The van der Waals surface area contributed by atoms with Gasteiger partial charge in [0.05, 0.1) is 0 Å². The second-order valence-electron chi connectivity index (χ2n) is 0.385. The molecule has 6 heavy (non-hydrogen) atoms. The van der Waals surface area contributed by atoms with Gasteiger partial charge in [-0.25, -0.2) is 0 Å². The fourth-order valence-corrected chi connectivity index (χ4v) is 1.22. The van der Waals surface area contributed by atoms with E-state index in [0.29, 0.717) is 0 Å². The number of rotatable bonds is 3. The van der Waals surface area contributed by atoms with Crippen molar-refractivity contribution < 1.29 is 0 Å². The summed E-state index contributed by atoms with van der Waals surface area (Å²) in [5, 5.41) is 0. The lowest BCUT2D eigenvalue weighted by atomic mass is 11.9. The summed E-state index contributed by atoms with van der Waals surface area (Å²) in [6, 6.07) is 0. The van der Waals surface area contributed by atoms with Crippen LogP contribution in [0.5, 0.6) is 0 Å². The number of hydrogen-bond acceptors (Lipinski definition) is 4. The van der Waals surface area contributed by atoms with Gasteiger partial charge < -0.3 is 0 Å². The number of hydrogen-bond donors (Lipinski definition) is 0. The summed E-state index contributed by atoms with van der Waals surface area (Å²) in [6.07, 6.45) is 0. The molecule has 0 aliphatic rings. The standard InChI is InChI=1S/C2H2S4/c3-1-5-6-2-4/h1-2H. The van der Waals surface area contributed by atoms with Crippen LogP contribution in [-0.4, -0.2) is 9.40 Å². The van der Waals surface area contributed by atoms with Crippen LogP contribution < -0.4 is 0 Å². The Hall–Kier alpha value is 0.880. The molecule has 0 aromatic carbocycles. The van der Waals surface area contributed by atoms with Gasteiger partial charge in [-0.05, 0) is 21.6 Å². The SMILES string of the molecule is S=CSSC=S. The second-order valence-corrected chi connectivity index (χ2v) is 3.46. The normalized spacial score (nSPS) is 7.33. The van der Waals surface area contributed by atoms with Crippen molar-refractivity contribution in [3.63, 3.8) is 0 Å². The van der Waals surface area contributed by atoms with Gasteiger partial charge in [0.1, 0.15) is 0 Å². The summed E-state index contributed by atoms with van der Waals surface area (Å²) in [6.45, 7) is 0. The third-order valence-electron chi connectivity index (χ3n) is 0.134. The lowest BCUT2D eigenvalue weighted by Crippen LogP contribution is -1.44. The van der Waals surface area contributed by atoms with E-state index in [1.54, 1.807) is 9.40 Å². The van der Waals surface area contributed by atoms with Crippen LogP contribution >= 0.6 is 46.0 Å². The van der Waals surface area contributed by atoms with Crippen molar-refractivity contribution in [2.24, 2.45) is 0 Å².